The number of rotatable bonds is 4. The van der Waals surface area contributed by atoms with Gasteiger partial charge in [0, 0.05) is 18.8 Å². The largest absolute Gasteiger partial charge is 0.416 e. The quantitative estimate of drug-likeness (QED) is 0.768. The van der Waals surface area contributed by atoms with Crippen LogP contribution in [-0.2, 0) is 21.0 Å². The van der Waals surface area contributed by atoms with E-state index in [0.29, 0.717) is 24.9 Å². The monoisotopic (exact) mass is 440 g/mol. The molecule has 2 aromatic carbocycles. The van der Waals surface area contributed by atoms with Crippen LogP contribution >= 0.6 is 0 Å². The molecule has 1 saturated heterocycles. The van der Waals surface area contributed by atoms with Gasteiger partial charge in [-0.1, -0.05) is 18.2 Å². The number of alkyl halides is 3. The topological polar surface area (TPSA) is 66.5 Å². The second kappa shape index (κ2) is 8.39. The van der Waals surface area contributed by atoms with Crippen molar-refractivity contribution in [2.45, 2.75) is 37.8 Å². The highest BCUT2D eigenvalue weighted by atomic mass is 32.2. The molecule has 0 unspecified atom stereocenters. The Morgan fingerprint density at radius 2 is 1.87 bits per heavy atom. The average molecular weight is 440 g/mol. The van der Waals surface area contributed by atoms with Gasteiger partial charge in [0.25, 0.3) is 0 Å². The predicted octanol–water partition coefficient (Wildman–Crippen LogP) is 4.36. The first-order valence-electron chi connectivity index (χ1n) is 9.54. The van der Waals surface area contributed by atoms with E-state index >= 15 is 0 Å². The normalized spacial score (nSPS) is 18.2. The van der Waals surface area contributed by atoms with E-state index in [1.165, 1.54) is 16.4 Å². The van der Waals surface area contributed by atoms with Gasteiger partial charge in [-0.15, -0.1) is 0 Å². The molecule has 1 aliphatic rings. The zero-order chi connectivity index (χ0) is 22.1. The highest BCUT2D eigenvalue weighted by molar-refractivity contribution is 7.89. The number of aryl methyl sites for hydroxylation is 2. The maximum Gasteiger partial charge on any atom is 0.416 e. The number of hydrogen-bond acceptors (Lipinski definition) is 3. The molecule has 2 aromatic rings. The van der Waals surface area contributed by atoms with Crippen molar-refractivity contribution in [3.8, 4) is 0 Å². The molecule has 1 atom stereocenters. The van der Waals surface area contributed by atoms with Gasteiger partial charge in [-0.05, 0) is 62.1 Å². The first-order chi connectivity index (χ1) is 14.0. The average Bonchev–Trinajstić information content (AvgIpc) is 2.69. The zero-order valence-corrected chi connectivity index (χ0v) is 17.5. The molecule has 9 heteroatoms. The molecule has 0 radical (unpaired) electrons. The van der Waals surface area contributed by atoms with E-state index in [9.17, 15) is 26.4 Å². The van der Waals surface area contributed by atoms with Crippen molar-refractivity contribution in [2.75, 3.05) is 18.4 Å². The summed E-state index contributed by atoms with van der Waals surface area (Å²) in [7, 11) is -3.78. The number of anilines is 1. The minimum absolute atomic E-state index is 0.0134. The molecule has 1 heterocycles. The van der Waals surface area contributed by atoms with Gasteiger partial charge in [0.05, 0.1) is 16.4 Å². The molecular weight excluding hydrogens is 417 g/mol. The molecule has 3 rings (SSSR count). The first-order valence-corrected chi connectivity index (χ1v) is 11.0. The Bertz CT molecular complexity index is 1050. The summed E-state index contributed by atoms with van der Waals surface area (Å²) in [5.41, 5.74) is 0.610. The number of carbonyl (C=O) groups excluding carboxylic acids is 1. The summed E-state index contributed by atoms with van der Waals surface area (Å²) in [4.78, 5) is 12.9. The Labute approximate surface area is 173 Å². The van der Waals surface area contributed by atoms with Gasteiger partial charge >= 0.3 is 6.18 Å². The first kappa shape index (κ1) is 22.3. The number of hydrogen-bond donors (Lipinski definition) is 1. The van der Waals surface area contributed by atoms with Crippen LogP contribution in [0.5, 0.6) is 0 Å². The van der Waals surface area contributed by atoms with E-state index in [2.05, 4.69) is 5.32 Å². The van der Waals surface area contributed by atoms with Gasteiger partial charge in [0.1, 0.15) is 0 Å². The number of nitrogens with one attached hydrogen (secondary N) is 1. The van der Waals surface area contributed by atoms with Crippen molar-refractivity contribution in [3.05, 3.63) is 59.2 Å². The van der Waals surface area contributed by atoms with E-state index in [1.54, 1.807) is 26.0 Å². The van der Waals surface area contributed by atoms with Gasteiger partial charge in [0.2, 0.25) is 15.9 Å². The smallest absolute Gasteiger partial charge is 0.326 e. The molecule has 0 bridgehead atoms. The summed E-state index contributed by atoms with van der Waals surface area (Å²) in [5.74, 6) is -1.14. The molecule has 1 N–H and O–H groups in total. The summed E-state index contributed by atoms with van der Waals surface area (Å²) in [5, 5.41) is 2.50. The van der Waals surface area contributed by atoms with E-state index < -0.39 is 33.6 Å². The van der Waals surface area contributed by atoms with Gasteiger partial charge in [-0.3, -0.25) is 4.79 Å². The minimum Gasteiger partial charge on any atom is -0.326 e. The molecule has 1 amide bonds. The number of benzene rings is 2. The summed E-state index contributed by atoms with van der Waals surface area (Å²) in [6.45, 7) is 3.80. The van der Waals surface area contributed by atoms with E-state index in [1.807, 2.05) is 6.07 Å². The fraction of sp³-hybridized carbons (Fsp3) is 0.381. The summed E-state index contributed by atoms with van der Waals surface area (Å²) in [6, 6.07) is 9.56. The highest BCUT2D eigenvalue weighted by Gasteiger charge is 2.35. The SMILES string of the molecule is Cc1ccc(C)c(S(=O)(=O)N2CCC[C@@H](C(=O)Nc3cccc(C(F)(F)F)c3)C2)c1. The predicted molar refractivity (Wildman–Crippen MR) is 107 cm³/mol. The molecule has 0 saturated carbocycles. The highest BCUT2D eigenvalue weighted by Crippen LogP contribution is 2.31. The Balaban J connectivity index is 1.76. The molecule has 1 aliphatic heterocycles. The van der Waals surface area contributed by atoms with Crippen LogP contribution in [0.25, 0.3) is 0 Å². The third-order valence-corrected chi connectivity index (χ3v) is 7.18. The molecule has 0 aliphatic carbocycles. The lowest BCUT2D eigenvalue weighted by molar-refractivity contribution is -0.137. The van der Waals surface area contributed by atoms with Crippen molar-refractivity contribution in [3.63, 3.8) is 0 Å². The van der Waals surface area contributed by atoms with E-state index in [0.717, 1.165) is 17.7 Å². The lowest BCUT2D eigenvalue weighted by atomic mass is 9.98. The van der Waals surface area contributed by atoms with Gasteiger partial charge in [-0.2, -0.15) is 17.5 Å². The Kier molecular flexibility index (Phi) is 6.24. The number of amides is 1. The maximum absolute atomic E-state index is 13.1. The third-order valence-electron chi connectivity index (χ3n) is 5.17. The fourth-order valence-electron chi connectivity index (χ4n) is 3.52. The molecular formula is C21H23F3N2O3S. The van der Waals surface area contributed by atoms with Crippen LogP contribution in [0.1, 0.15) is 29.5 Å². The summed E-state index contributed by atoms with van der Waals surface area (Å²) < 4.78 is 66.1. The lowest BCUT2D eigenvalue weighted by Gasteiger charge is -2.31. The number of sulfonamides is 1. The van der Waals surface area contributed by atoms with Crippen molar-refractivity contribution >= 4 is 21.6 Å². The van der Waals surface area contributed by atoms with Crippen LogP contribution in [0.4, 0.5) is 18.9 Å². The minimum atomic E-state index is -4.51. The molecule has 5 nitrogen and oxygen atoms in total. The van der Waals surface area contributed by atoms with E-state index in [-0.39, 0.29) is 17.1 Å². The fourth-order valence-corrected chi connectivity index (χ4v) is 5.35. The second-order valence-electron chi connectivity index (χ2n) is 7.54. The molecule has 0 spiro atoms. The standard InChI is InChI=1S/C21H23F3N2O3S/c1-14-8-9-15(2)19(11-14)30(28,29)26-10-4-5-16(13-26)20(27)25-18-7-3-6-17(12-18)21(22,23)24/h3,6-9,11-12,16H,4-5,10,13H2,1-2H3,(H,25,27)/t16-/m1/s1. The number of nitrogens with zero attached hydrogens (tertiary/aromatic N) is 1. The van der Waals surface area contributed by atoms with Crippen molar-refractivity contribution in [2.24, 2.45) is 5.92 Å². The Morgan fingerprint density at radius 3 is 2.57 bits per heavy atom. The molecule has 1 fully saturated rings. The van der Waals surface area contributed by atoms with Crippen LogP contribution in [0, 0.1) is 19.8 Å². The van der Waals surface area contributed by atoms with Crippen molar-refractivity contribution < 1.29 is 26.4 Å². The van der Waals surface area contributed by atoms with Crippen LogP contribution in [0.3, 0.4) is 0 Å². The number of piperidine rings is 1. The Morgan fingerprint density at radius 1 is 1.13 bits per heavy atom. The van der Waals surface area contributed by atoms with Crippen LogP contribution < -0.4 is 5.32 Å². The molecule has 30 heavy (non-hydrogen) atoms. The van der Waals surface area contributed by atoms with Gasteiger partial charge in [-0.25, -0.2) is 8.42 Å². The third kappa shape index (κ3) is 4.84. The lowest BCUT2D eigenvalue weighted by Crippen LogP contribution is -2.43. The van der Waals surface area contributed by atoms with Crippen molar-refractivity contribution in [1.82, 2.24) is 4.31 Å². The summed E-state index contributed by atoms with van der Waals surface area (Å²) in [6.07, 6.45) is -3.56. The van der Waals surface area contributed by atoms with Crippen molar-refractivity contribution in [1.29, 1.82) is 0 Å². The molecule has 162 valence electrons. The van der Waals surface area contributed by atoms with Gasteiger partial charge < -0.3 is 5.32 Å². The zero-order valence-electron chi connectivity index (χ0n) is 16.7. The number of carbonyl (C=O) groups is 1. The molecule has 0 aromatic heterocycles. The number of halogens is 3. The van der Waals surface area contributed by atoms with Gasteiger partial charge in [0.15, 0.2) is 0 Å². The van der Waals surface area contributed by atoms with E-state index in [4.69, 9.17) is 0 Å². The van der Waals surface area contributed by atoms with Crippen LogP contribution in [0.2, 0.25) is 0 Å². The maximum atomic E-state index is 13.1. The van der Waals surface area contributed by atoms with Crippen LogP contribution in [0.15, 0.2) is 47.4 Å². The Hall–Kier alpha value is -2.39. The van der Waals surface area contributed by atoms with Crippen LogP contribution in [-0.4, -0.2) is 31.7 Å². The second-order valence-corrected chi connectivity index (χ2v) is 9.45. The summed E-state index contributed by atoms with van der Waals surface area (Å²) >= 11 is 0.